The molecule has 0 atom stereocenters. The molecule has 1 aromatic carbocycles. The van der Waals surface area contributed by atoms with Crippen LogP contribution in [0.3, 0.4) is 0 Å². The number of nitrogens with zero attached hydrogens (tertiary/aromatic N) is 3. The van der Waals surface area contributed by atoms with Crippen LogP contribution in [0.15, 0.2) is 30.3 Å². The van der Waals surface area contributed by atoms with Gasteiger partial charge < -0.3 is 4.90 Å². The fourth-order valence-corrected chi connectivity index (χ4v) is 4.84. The molecule has 2 heterocycles. The maximum absolute atomic E-state index is 6.23. The standard InChI is InChI=1S/C18H18ClN3S/c1-2-22(12-8-4-3-5-9-12)16-15-13-10-6-7-11-14(13)23-17(15)21-18(19)20-16/h3-5,8-9H,2,6-7,10-11H2,1H3. The first-order chi connectivity index (χ1) is 11.3. The smallest absolute Gasteiger partial charge is 0.225 e. The molecule has 0 radical (unpaired) electrons. The van der Waals surface area contributed by atoms with Crippen LogP contribution in [-0.4, -0.2) is 16.5 Å². The Bertz CT molecular complexity index is 844. The van der Waals surface area contributed by atoms with Gasteiger partial charge in [0.1, 0.15) is 10.6 Å². The summed E-state index contributed by atoms with van der Waals surface area (Å²) >= 11 is 8.02. The van der Waals surface area contributed by atoms with Gasteiger partial charge in [-0.2, -0.15) is 4.98 Å². The zero-order chi connectivity index (χ0) is 15.8. The first-order valence-corrected chi connectivity index (χ1v) is 9.27. The fraction of sp³-hybridized carbons (Fsp3) is 0.333. The van der Waals surface area contributed by atoms with Crippen LogP contribution in [0.5, 0.6) is 0 Å². The Morgan fingerprint density at radius 3 is 2.70 bits per heavy atom. The third-order valence-corrected chi connectivity index (χ3v) is 5.76. The van der Waals surface area contributed by atoms with E-state index in [1.54, 1.807) is 11.3 Å². The number of fused-ring (bicyclic) bond motifs is 3. The molecule has 23 heavy (non-hydrogen) atoms. The molecule has 0 amide bonds. The van der Waals surface area contributed by atoms with Crippen molar-refractivity contribution in [2.45, 2.75) is 32.6 Å². The lowest BCUT2D eigenvalue weighted by molar-refractivity contribution is 0.700. The molecule has 0 N–H and O–H groups in total. The first kappa shape index (κ1) is 14.9. The van der Waals surface area contributed by atoms with Crippen molar-refractivity contribution in [3.05, 3.63) is 46.1 Å². The molecule has 118 valence electrons. The van der Waals surface area contributed by atoms with Gasteiger partial charge in [-0.15, -0.1) is 11.3 Å². The summed E-state index contributed by atoms with van der Waals surface area (Å²) in [6.45, 7) is 2.99. The Hall–Kier alpha value is -1.65. The van der Waals surface area contributed by atoms with E-state index in [2.05, 4.69) is 46.1 Å². The highest BCUT2D eigenvalue weighted by Crippen LogP contribution is 2.41. The number of para-hydroxylation sites is 1. The summed E-state index contributed by atoms with van der Waals surface area (Å²) in [6.07, 6.45) is 4.80. The second-order valence-corrected chi connectivity index (χ2v) is 7.21. The zero-order valence-corrected chi connectivity index (χ0v) is 14.6. The van der Waals surface area contributed by atoms with Crippen molar-refractivity contribution in [3.8, 4) is 0 Å². The molecule has 0 bridgehead atoms. The maximum atomic E-state index is 6.23. The highest BCUT2D eigenvalue weighted by molar-refractivity contribution is 7.19. The number of benzene rings is 1. The number of aryl methyl sites for hydroxylation is 2. The molecule has 0 fully saturated rings. The number of aromatic nitrogens is 2. The molecular formula is C18H18ClN3S. The number of anilines is 2. The van der Waals surface area contributed by atoms with Crippen LogP contribution in [0.25, 0.3) is 10.2 Å². The molecule has 1 aliphatic carbocycles. The molecule has 5 heteroatoms. The fourth-order valence-electron chi connectivity index (χ4n) is 3.37. The molecule has 0 unspecified atom stereocenters. The van der Waals surface area contributed by atoms with E-state index in [0.717, 1.165) is 35.7 Å². The molecule has 3 nitrogen and oxygen atoms in total. The topological polar surface area (TPSA) is 29.0 Å². The summed E-state index contributed by atoms with van der Waals surface area (Å²) in [4.78, 5) is 13.8. The SMILES string of the molecule is CCN(c1ccccc1)c1nc(Cl)nc2sc3c(c12)CCCC3. The third kappa shape index (κ3) is 2.60. The van der Waals surface area contributed by atoms with Crippen LogP contribution >= 0.6 is 22.9 Å². The summed E-state index contributed by atoms with van der Waals surface area (Å²) in [6, 6.07) is 10.4. The van der Waals surface area contributed by atoms with Crippen molar-refractivity contribution in [2.24, 2.45) is 0 Å². The van der Waals surface area contributed by atoms with Crippen molar-refractivity contribution in [3.63, 3.8) is 0 Å². The van der Waals surface area contributed by atoms with E-state index in [-0.39, 0.29) is 0 Å². The van der Waals surface area contributed by atoms with Crippen LogP contribution in [0, 0.1) is 0 Å². The molecule has 2 aromatic heterocycles. The van der Waals surface area contributed by atoms with Crippen LogP contribution < -0.4 is 4.90 Å². The number of halogens is 1. The van der Waals surface area contributed by atoms with E-state index in [1.807, 2.05) is 6.07 Å². The van der Waals surface area contributed by atoms with E-state index in [4.69, 9.17) is 11.6 Å². The normalized spacial score (nSPS) is 14.0. The minimum Gasteiger partial charge on any atom is -0.326 e. The first-order valence-electron chi connectivity index (χ1n) is 8.08. The molecule has 4 rings (SSSR count). The Labute approximate surface area is 144 Å². The van der Waals surface area contributed by atoms with Gasteiger partial charge in [-0.05, 0) is 61.9 Å². The second-order valence-electron chi connectivity index (χ2n) is 5.79. The Morgan fingerprint density at radius 2 is 1.91 bits per heavy atom. The van der Waals surface area contributed by atoms with Gasteiger partial charge in [-0.25, -0.2) is 4.98 Å². The maximum Gasteiger partial charge on any atom is 0.225 e. The highest BCUT2D eigenvalue weighted by Gasteiger charge is 2.23. The molecule has 1 aliphatic rings. The Balaban J connectivity index is 1.96. The summed E-state index contributed by atoms with van der Waals surface area (Å²) in [7, 11) is 0. The summed E-state index contributed by atoms with van der Waals surface area (Å²) in [5, 5.41) is 1.54. The molecule has 0 spiro atoms. The summed E-state index contributed by atoms with van der Waals surface area (Å²) in [5.74, 6) is 0.952. The van der Waals surface area contributed by atoms with Gasteiger partial charge in [0.2, 0.25) is 5.28 Å². The number of hydrogen-bond donors (Lipinski definition) is 0. The lowest BCUT2D eigenvalue weighted by Crippen LogP contribution is -2.18. The van der Waals surface area contributed by atoms with Crippen LogP contribution in [0.2, 0.25) is 5.28 Å². The van der Waals surface area contributed by atoms with E-state index < -0.39 is 0 Å². The molecule has 0 aliphatic heterocycles. The Morgan fingerprint density at radius 1 is 1.13 bits per heavy atom. The van der Waals surface area contributed by atoms with E-state index >= 15 is 0 Å². The highest BCUT2D eigenvalue weighted by atomic mass is 35.5. The van der Waals surface area contributed by atoms with Crippen molar-refractivity contribution < 1.29 is 0 Å². The number of hydrogen-bond acceptors (Lipinski definition) is 4. The summed E-state index contributed by atoms with van der Waals surface area (Å²) < 4.78 is 0. The Kier molecular flexibility index (Phi) is 3.95. The van der Waals surface area contributed by atoms with E-state index in [0.29, 0.717) is 5.28 Å². The minimum absolute atomic E-state index is 0.334. The molecule has 3 aromatic rings. The minimum atomic E-state index is 0.334. The van der Waals surface area contributed by atoms with Crippen LogP contribution in [0.4, 0.5) is 11.5 Å². The van der Waals surface area contributed by atoms with Gasteiger partial charge in [0.15, 0.2) is 0 Å². The zero-order valence-electron chi connectivity index (χ0n) is 13.1. The predicted molar refractivity (Wildman–Crippen MR) is 98.2 cm³/mol. The average molecular weight is 344 g/mol. The largest absolute Gasteiger partial charge is 0.326 e. The lowest BCUT2D eigenvalue weighted by Gasteiger charge is -2.23. The van der Waals surface area contributed by atoms with Crippen molar-refractivity contribution in [2.75, 3.05) is 11.4 Å². The van der Waals surface area contributed by atoms with Gasteiger partial charge in [0, 0.05) is 17.1 Å². The lowest BCUT2D eigenvalue weighted by atomic mass is 9.97. The van der Waals surface area contributed by atoms with Gasteiger partial charge >= 0.3 is 0 Å². The molecule has 0 saturated heterocycles. The van der Waals surface area contributed by atoms with Crippen LogP contribution in [-0.2, 0) is 12.8 Å². The summed E-state index contributed by atoms with van der Waals surface area (Å²) in [5.41, 5.74) is 2.58. The molecule has 0 saturated carbocycles. The number of rotatable bonds is 3. The van der Waals surface area contributed by atoms with Crippen molar-refractivity contribution >= 4 is 44.7 Å². The number of thiophene rings is 1. The van der Waals surface area contributed by atoms with Gasteiger partial charge in [0.25, 0.3) is 0 Å². The second kappa shape index (κ2) is 6.10. The predicted octanol–water partition coefficient (Wildman–Crippen LogP) is 5.38. The van der Waals surface area contributed by atoms with Gasteiger partial charge in [0.05, 0.1) is 5.39 Å². The van der Waals surface area contributed by atoms with Crippen LogP contribution in [0.1, 0.15) is 30.2 Å². The molecular weight excluding hydrogens is 326 g/mol. The van der Waals surface area contributed by atoms with E-state index in [9.17, 15) is 0 Å². The van der Waals surface area contributed by atoms with Crippen molar-refractivity contribution in [1.29, 1.82) is 0 Å². The monoisotopic (exact) mass is 343 g/mol. The quantitative estimate of drug-likeness (QED) is 0.598. The average Bonchev–Trinajstić information content (AvgIpc) is 2.94. The van der Waals surface area contributed by atoms with Gasteiger partial charge in [-0.1, -0.05) is 18.2 Å². The van der Waals surface area contributed by atoms with Gasteiger partial charge in [-0.3, -0.25) is 0 Å². The van der Waals surface area contributed by atoms with E-state index in [1.165, 1.54) is 28.7 Å². The van der Waals surface area contributed by atoms with Crippen molar-refractivity contribution in [1.82, 2.24) is 9.97 Å². The third-order valence-electron chi connectivity index (χ3n) is 4.41.